The molecule has 10 heavy (non-hydrogen) atoms. The normalized spacial score (nSPS) is 24.6. The van der Waals surface area contributed by atoms with Crippen LogP contribution in [0, 0.1) is 0 Å². The van der Waals surface area contributed by atoms with Gasteiger partial charge < -0.3 is 0 Å². The molecule has 1 fully saturated rings. The number of rotatable bonds is 2. The molecular weight excluding hydrogens is 189 g/mol. The number of hydrogen-bond acceptors (Lipinski definition) is 2. The molecule has 0 aromatic heterocycles. The van der Waals surface area contributed by atoms with E-state index in [0.717, 1.165) is 0 Å². The summed E-state index contributed by atoms with van der Waals surface area (Å²) in [6.07, 6.45) is 4.02. The fourth-order valence-electron chi connectivity index (χ4n) is 1.58. The first kappa shape index (κ1) is 8.56. The van der Waals surface area contributed by atoms with Gasteiger partial charge in [0.1, 0.15) is 0 Å². The molecule has 0 unspecified atom stereocenters. The number of hydrogen-bond donors (Lipinski definition) is 0. The fraction of sp³-hybridized carbons (Fsp3) is 1.00. The van der Waals surface area contributed by atoms with Crippen molar-refractivity contribution in [2.24, 2.45) is 0 Å². The summed E-state index contributed by atoms with van der Waals surface area (Å²) in [6, 6.07) is 0. The van der Waals surface area contributed by atoms with Crippen LogP contribution in [0.3, 0.4) is 0 Å². The van der Waals surface area contributed by atoms with Gasteiger partial charge in [0, 0.05) is 0 Å². The third-order valence-corrected chi connectivity index (χ3v) is 10.2. The summed E-state index contributed by atoms with van der Waals surface area (Å²) in [4.78, 5) is 0. The first-order chi connectivity index (χ1) is 4.83. The molecule has 0 N–H and O–H groups in total. The summed E-state index contributed by atoms with van der Waals surface area (Å²) in [6.45, 7) is 0. The summed E-state index contributed by atoms with van der Waals surface area (Å²) >= 11 is -2.12. The Morgan fingerprint density at radius 2 is 1.40 bits per heavy atom. The van der Waals surface area contributed by atoms with E-state index in [4.69, 9.17) is 7.53 Å². The zero-order valence-electron chi connectivity index (χ0n) is 6.85. The molecule has 0 spiro atoms. The molecule has 0 aromatic carbocycles. The van der Waals surface area contributed by atoms with E-state index in [1.54, 1.807) is 0 Å². The second-order valence-corrected chi connectivity index (χ2v) is 10.5. The molecule has 1 aliphatic rings. The molecule has 1 rings (SSSR count). The van der Waals surface area contributed by atoms with Crippen LogP contribution in [-0.4, -0.2) is 28.2 Å². The Bertz CT molecular complexity index is 93.8. The van der Waals surface area contributed by atoms with Crippen molar-refractivity contribution >= 4 is 13.9 Å². The van der Waals surface area contributed by atoms with E-state index in [1.807, 2.05) is 14.2 Å². The van der Waals surface area contributed by atoms with Crippen molar-refractivity contribution in [2.45, 2.75) is 29.8 Å². The maximum absolute atomic E-state index is 5.49. The van der Waals surface area contributed by atoms with E-state index in [0.29, 0.717) is 0 Å². The van der Waals surface area contributed by atoms with Gasteiger partial charge in [0.05, 0.1) is 0 Å². The van der Waals surface area contributed by atoms with Gasteiger partial charge in [-0.05, 0) is 0 Å². The van der Waals surface area contributed by atoms with Crippen LogP contribution < -0.4 is 0 Å². The summed E-state index contributed by atoms with van der Waals surface area (Å²) in [5, 5.41) is 2.49. The second-order valence-electron chi connectivity index (χ2n) is 2.88. The van der Waals surface area contributed by atoms with Gasteiger partial charge in [0.15, 0.2) is 0 Å². The molecule has 0 aromatic rings. The van der Waals surface area contributed by atoms with Crippen LogP contribution in [0.5, 0.6) is 0 Å². The van der Waals surface area contributed by atoms with Crippen LogP contribution in [0.1, 0.15) is 19.3 Å². The van der Waals surface area contributed by atoms with Gasteiger partial charge in [-0.25, -0.2) is 0 Å². The Hall–Kier alpha value is 0.463. The molecule has 0 radical (unpaired) electrons. The first-order valence-electron chi connectivity index (χ1n) is 3.93. The molecule has 3 heteroatoms. The van der Waals surface area contributed by atoms with Crippen molar-refractivity contribution in [1.82, 2.24) is 0 Å². The predicted molar refractivity (Wildman–Crippen MR) is 43.2 cm³/mol. The second kappa shape index (κ2) is 3.74. The minimum atomic E-state index is -2.12. The van der Waals surface area contributed by atoms with Crippen LogP contribution >= 0.6 is 0 Å². The van der Waals surface area contributed by atoms with Gasteiger partial charge in [0.25, 0.3) is 0 Å². The maximum atomic E-state index is 5.49. The van der Waals surface area contributed by atoms with E-state index in [-0.39, 0.29) is 0 Å². The third kappa shape index (κ3) is 1.74. The molecule has 1 heterocycles. The first-order valence-corrected chi connectivity index (χ1v) is 8.61. The Morgan fingerprint density at radius 3 is 1.70 bits per heavy atom. The van der Waals surface area contributed by atoms with Crippen molar-refractivity contribution < 1.29 is 7.53 Å². The van der Waals surface area contributed by atoms with Crippen LogP contribution in [0.4, 0.5) is 0 Å². The Kier molecular flexibility index (Phi) is 3.20. The fourth-order valence-corrected chi connectivity index (χ4v) is 7.48. The Labute approximate surface area is 65.9 Å². The van der Waals surface area contributed by atoms with Crippen molar-refractivity contribution in [1.29, 1.82) is 0 Å². The zero-order valence-corrected chi connectivity index (χ0v) is 8.95. The summed E-state index contributed by atoms with van der Waals surface area (Å²) < 4.78 is 11.0. The van der Waals surface area contributed by atoms with E-state index < -0.39 is 13.9 Å². The van der Waals surface area contributed by atoms with E-state index in [9.17, 15) is 0 Å². The predicted octanol–water partition coefficient (Wildman–Crippen LogP) is 1.91. The molecule has 0 bridgehead atoms. The summed E-state index contributed by atoms with van der Waals surface area (Å²) in [5.74, 6) is 0. The monoisotopic (exact) mass is 206 g/mol. The van der Waals surface area contributed by atoms with Gasteiger partial charge >= 0.3 is 65.5 Å². The van der Waals surface area contributed by atoms with E-state index in [2.05, 4.69) is 0 Å². The van der Waals surface area contributed by atoms with Gasteiger partial charge in [-0.2, -0.15) is 0 Å². The molecule has 2 nitrogen and oxygen atoms in total. The van der Waals surface area contributed by atoms with Crippen molar-refractivity contribution in [2.75, 3.05) is 14.2 Å². The molecule has 0 amide bonds. The van der Waals surface area contributed by atoms with Crippen LogP contribution in [0.15, 0.2) is 0 Å². The molecular formula is C7H16GeO2. The Balaban J connectivity index is 2.44. The average molecular weight is 205 g/mol. The van der Waals surface area contributed by atoms with Gasteiger partial charge in [-0.1, -0.05) is 0 Å². The minimum absolute atomic E-state index is 1.24. The van der Waals surface area contributed by atoms with Crippen LogP contribution in [0.25, 0.3) is 0 Å². The molecule has 60 valence electrons. The zero-order chi connectivity index (χ0) is 7.45. The van der Waals surface area contributed by atoms with Gasteiger partial charge in [0.2, 0.25) is 0 Å². The molecule has 1 saturated heterocycles. The van der Waals surface area contributed by atoms with Crippen LogP contribution in [-0.2, 0) is 7.53 Å². The standard InChI is InChI=1S/C7H16GeO2/c1-9-8(10-2)6-4-3-5-7-8/h3-7H2,1-2H3. The summed E-state index contributed by atoms with van der Waals surface area (Å²) in [5.41, 5.74) is 0. The summed E-state index contributed by atoms with van der Waals surface area (Å²) in [7, 11) is 3.63. The molecule has 0 aliphatic carbocycles. The van der Waals surface area contributed by atoms with Gasteiger partial charge in [-0.3, -0.25) is 0 Å². The average Bonchev–Trinajstić information content (AvgIpc) is 2.06. The molecule has 0 saturated carbocycles. The van der Waals surface area contributed by atoms with Crippen molar-refractivity contribution in [3.05, 3.63) is 0 Å². The van der Waals surface area contributed by atoms with Gasteiger partial charge in [-0.15, -0.1) is 0 Å². The van der Waals surface area contributed by atoms with E-state index in [1.165, 1.54) is 29.8 Å². The molecule has 0 atom stereocenters. The topological polar surface area (TPSA) is 18.5 Å². The molecule has 1 aliphatic heterocycles. The third-order valence-electron chi connectivity index (χ3n) is 2.36. The quantitative estimate of drug-likeness (QED) is 0.640. The van der Waals surface area contributed by atoms with Crippen LogP contribution in [0.2, 0.25) is 10.5 Å². The SMILES string of the molecule is C[O][Ge]1([O]C)[CH2]CCC[CH2]1. The van der Waals surface area contributed by atoms with Crippen molar-refractivity contribution in [3.63, 3.8) is 0 Å². The van der Waals surface area contributed by atoms with Crippen molar-refractivity contribution in [3.8, 4) is 0 Å². The van der Waals surface area contributed by atoms with E-state index >= 15 is 0 Å². The Morgan fingerprint density at radius 1 is 0.900 bits per heavy atom.